The lowest BCUT2D eigenvalue weighted by Gasteiger charge is -2.39. The van der Waals surface area contributed by atoms with Crippen molar-refractivity contribution in [2.24, 2.45) is 0 Å². The molecule has 0 atom stereocenters. The summed E-state index contributed by atoms with van der Waals surface area (Å²) in [6.07, 6.45) is 3.71. The van der Waals surface area contributed by atoms with Gasteiger partial charge in [-0.2, -0.15) is 0 Å². The normalized spacial score (nSPS) is 14.8. The van der Waals surface area contributed by atoms with Gasteiger partial charge in [0, 0.05) is 23.8 Å². The van der Waals surface area contributed by atoms with Gasteiger partial charge in [-0.05, 0) is 46.5 Å². The molecule has 1 aliphatic carbocycles. The third-order valence-electron chi connectivity index (χ3n) is 5.58. The molecule has 0 radical (unpaired) electrons. The summed E-state index contributed by atoms with van der Waals surface area (Å²) in [7, 11) is 0. The van der Waals surface area contributed by atoms with E-state index >= 15 is 0 Å². The lowest BCUT2D eigenvalue weighted by atomic mass is 9.65. The Morgan fingerprint density at radius 2 is 1.00 bits per heavy atom. The number of nitrogens with one attached hydrogen (secondary N) is 1. The van der Waals surface area contributed by atoms with E-state index in [4.69, 9.17) is 9.97 Å². The molecule has 3 heterocycles. The summed E-state index contributed by atoms with van der Waals surface area (Å²) in [5, 5.41) is 3.61. The molecule has 2 aromatic heterocycles. The van der Waals surface area contributed by atoms with Gasteiger partial charge >= 0.3 is 0 Å². The zero-order chi connectivity index (χ0) is 17.1. The van der Waals surface area contributed by atoms with Crippen LogP contribution in [-0.4, -0.2) is 9.97 Å². The summed E-state index contributed by atoms with van der Waals surface area (Å²) in [5.74, 6) is 0. The Hall–Kier alpha value is -3.46. The van der Waals surface area contributed by atoms with Crippen molar-refractivity contribution in [3.63, 3.8) is 0 Å². The van der Waals surface area contributed by atoms with Gasteiger partial charge in [0.05, 0.1) is 16.8 Å². The highest BCUT2D eigenvalue weighted by atomic mass is 14.9. The molecule has 26 heavy (non-hydrogen) atoms. The van der Waals surface area contributed by atoms with Crippen LogP contribution < -0.4 is 5.32 Å². The lowest BCUT2D eigenvalue weighted by Crippen LogP contribution is -2.33. The second-order valence-electron chi connectivity index (χ2n) is 6.77. The summed E-state index contributed by atoms with van der Waals surface area (Å²) in [6, 6.07) is 25.6. The monoisotopic (exact) mass is 333 g/mol. The number of nitrogens with zero attached hydrogens (tertiary/aromatic N) is 2. The Labute approximate surface area is 151 Å². The van der Waals surface area contributed by atoms with E-state index in [2.05, 4.69) is 66.0 Å². The maximum absolute atomic E-state index is 4.71. The van der Waals surface area contributed by atoms with Gasteiger partial charge in [0.2, 0.25) is 0 Å². The van der Waals surface area contributed by atoms with Crippen molar-refractivity contribution in [2.75, 3.05) is 5.32 Å². The van der Waals surface area contributed by atoms with Gasteiger partial charge in [-0.1, -0.05) is 48.5 Å². The van der Waals surface area contributed by atoms with Crippen LogP contribution in [0.4, 0.5) is 11.4 Å². The van der Waals surface area contributed by atoms with E-state index in [9.17, 15) is 0 Å². The highest BCUT2D eigenvalue weighted by molar-refractivity contribution is 5.89. The van der Waals surface area contributed by atoms with Crippen LogP contribution in [0.2, 0.25) is 0 Å². The zero-order valence-corrected chi connectivity index (χ0v) is 14.0. The first-order chi connectivity index (χ1) is 12.9. The van der Waals surface area contributed by atoms with E-state index in [1.54, 1.807) is 0 Å². The quantitative estimate of drug-likeness (QED) is 0.430. The molecular weight excluding hydrogens is 318 g/mol. The van der Waals surface area contributed by atoms with Gasteiger partial charge in [-0.25, -0.2) is 0 Å². The van der Waals surface area contributed by atoms with E-state index in [-0.39, 0.29) is 5.41 Å². The van der Waals surface area contributed by atoms with E-state index in [1.807, 2.05) is 24.5 Å². The molecule has 1 N–H and O–H groups in total. The molecule has 6 rings (SSSR count). The Kier molecular flexibility index (Phi) is 2.54. The second-order valence-corrected chi connectivity index (χ2v) is 6.77. The number of pyridine rings is 2. The summed E-state index contributed by atoms with van der Waals surface area (Å²) in [4.78, 5) is 9.43. The van der Waals surface area contributed by atoms with Gasteiger partial charge in [0.15, 0.2) is 0 Å². The number of hydrogen-bond acceptors (Lipinski definition) is 3. The maximum atomic E-state index is 4.71. The number of benzene rings is 2. The summed E-state index contributed by atoms with van der Waals surface area (Å²) in [5.41, 5.74) is 8.76. The van der Waals surface area contributed by atoms with Crippen molar-refractivity contribution in [2.45, 2.75) is 5.41 Å². The first kappa shape index (κ1) is 13.8. The molecule has 2 aliphatic rings. The van der Waals surface area contributed by atoms with E-state index in [0.29, 0.717) is 0 Å². The third kappa shape index (κ3) is 1.49. The van der Waals surface area contributed by atoms with Crippen molar-refractivity contribution in [1.82, 2.24) is 9.97 Å². The average molecular weight is 333 g/mol. The molecule has 4 aromatic rings. The van der Waals surface area contributed by atoms with Crippen LogP contribution in [0.15, 0.2) is 85.2 Å². The molecular formula is C23H15N3. The van der Waals surface area contributed by atoms with Gasteiger partial charge in [-0.3, -0.25) is 9.97 Å². The standard InChI is InChI=1S/C23H15N3/c1-3-11-19-15(7-1)23(16-8-2-4-12-20(16)26-19)17-9-5-13-24-21(17)22-18(23)10-6-14-25-22/h1-14,26H. The number of hydrogen-bond donors (Lipinski definition) is 1. The Balaban J connectivity index is 1.87. The minimum Gasteiger partial charge on any atom is -0.355 e. The fraction of sp³-hybridized carbons (Fsp3) is 0.0435. The number of para-hydroxylation sites is 2. The molecule has 0 bridgehead atoms. The molecule has 2 aromatic carbocycles. The fourth-order valence-electron chi connectivity index (χ4n) is 4.65. The van der Waals surface area contributed by atoms with Gasteiger partial charge in [0.25, 0.3) is 0 Å². The minimum atomic E-state index is -0.383. The number of anilines is 2. The van der Waals surface area contributed by atoms with Crippen molar-refractivity contribution < 1.29 is 0 Å². The fourth-order valence-corrected chi connectivity index (χ4v) is 4.65. The van der Waals surface area contributed by atoms with Crippen LogP contribution in [0, 0.1) is 0 Å². The van der Waals surface area contributed by atoms with Crippen LogP contribution in [-0.2, 0) is 5.41 Å². The lowest BCUT2D eigenvalue weighted by molar-refractivity contribution is 0.759. The van der Waals surface area contributed by atoms with E-state index in [1.165, 1.54) is 22.3 Å². The van der Waals surface area contributed by atoms with Crippen LogP contribution in [0.3, 0.4) is 0 Å². The Morgan fingerprint density at radius 1 is 0.538 bits per heavy atom. The van der Waals surface area contributed by atoms with E-state index in [0.717, 1.165) is 22.8 Å². The summed E-state index contributed by atoms with van der Waals surface area (Å²) in [6.45, 7) is 0. The van der Waals surface area contributed by atoms with E-state index < -0.39 is 0 Å². The van der Waals surface area contributed by atoms with Crippen LogP contribution in [0.5, 0.6) is 0 Å². The van der Waals surface area contributed by atoms with Gasteiger partial charge in [0.1, 0.15) is 0 Å². The van der Waals surface area contributed by atoms with Crippen molar-refractivity contribution in [1.29, 1.82) is 0 Å². The molecule has 3 nitrogen and oxygen atoms in total. The van der Waals surface area contributed by atoms with Gasteiger partial charge in [-0.15, -0.1) is 0 Å². The van der Waals surface area contributed by atoms with Crippen LogP contribution in [0.25, 0.3) is 11.4 Å². The summed E-state index contributed by atoms with van der Waals surface area (Å²) >= 11 is 0. The highest BCUT2D eigenvalue weighted by Gasteiger charge is 2.51. The molecule has 0 saturated heterocycles. The number of rotatable bonds is 0. The van der Waals surface area contributed by atoms with Crippen LogP contribution >= 0.6 is 0 Å². The molecule has 1 spiro atoms. The van der Waals surface area contributed by atoms with Crippen molar-refractivity contribution >= 4 is 11.4 Å². The van der Waals surface area contributed by atoms with Crippen molar-refractivity contribution in [3.8, 4) is 11.4 Å². The third-order valence-corrected chi connectivity index (χ3v) is 5.58. The molecule has 1 aliphatic heterocycles. The molecule has 0 fully saturated rings. The topological polar surface area (TPSA) is 37.8 Å². The minimum absolute atomic E-state index is 0.383. The molecule has 0 unspecified atom stereocenters. The largest absolute Gasteiger partial charge is 0.355 e. The molecule has 3 heteroatoms. The Bertz CT molecular complexity index is 1090. The van der Waals surface area contributed by atoms with Crippen LogP contribution in [0.1, 0.15) is 22.3 Å². The Morgan fingerprint density at radius 3 is 1.54 bits per heavy atom. The first-order valence-electron chi connectivity index (χ1n) is 8.78. The van der Waals surface area contributed by atoms with Gasteiger partial charge < -0.3 is 5.32 Å². The second kappa shape index (κ2) is 4.79. The first-order valence-corrected chi connectivity index (χ1v) is 8.78. The average Bonchev–Trinajstić information content (AvgIpc) is 3.00. The molecule has 0 saturated carbocycles. The SMILES string of the molecule is c1ccc2c(c1)Nc1ccccc1C21c2cccnc2-c2ncccc21. The molecule has 122 valence electrons. The predicted octanol–water partition coefficient (Wildman–Crippen LogP) is 4.90. The maximum Gasteiger partial charge on any atom is 0.0937 e. The number of fused-ring (bicyclic) bond motifs is 9. The number of aromatic nitrogens is 2. The molecule has 0 amide bonds. The smallest absolute Gasteiger partial charge is 0.0937 e. The zero-order valence-electron chi connectivity index (χ0n) is 14.0. The highest BCUT2D eigenvalue weighted by Crippen LogP contribution is 2.59. The summed E-state index contributed by atoms with van der Waals surface area (Å²) < 4.78 is 0. The predicted molar refractivity (Wildman–Crippen MR) is 103 cm³/mol. The van der Waals surface area contributed by atoms with Crippen molar-refractivity contribution in [3.05, 3.63) is 107 Å².